The average molecular weight is 504 g/mol. The van der Waals surface area contributed by atoms with Crippen LogP contribution < -0.4 is 4.90 Å². The molecular weight excluding hydrogens is 483 g/mol. The maximum Gasteiger partial charge on any atom is 0.416 e. The Morgan fingerprint density at radius 2 is 1.66 bits per heavy atom. The van der Waals surface area contributed by atoms with E-state index >= 15 is 0 Å². The van der Waals surface area contributed by atoms with Crippen LogP contribution >= 0.6 is 0 Å². The summed E-state index contributed by atoms with van der Waals surface area (Å²) in [5.41, 5.74) is 1.88. The molecule has 1 aliphatic rings. The molecule has 1 saturated heterocycles. The van der Waals surface area contributed by atoms with Gasteiger partial charge >= 0.3 is 6.18 Å². The van der Waals surface area contributed by atoms with Crippen molar-refractivity contribution in [2.75, 3.05) is 31.1 Å². The van der Waals surface area contributed by atoms with Crippen molar-refractivity contribution in [2.24, 2.45) is 0 Å². The standard InChI is InChI=1S/C22H20F3N7O2S/c1-15-5-7-17(8-6-15)32-21-19(28-29-32)20(26-14-27-21)30-9-11-31(12-10-30)35(33,34)18-4-2-3-16(13-18)22(23,24)25/h2-8,13-14H,9-12H2,1H3. The number of sulfonamides is 1. The highest BCUT2D eigenvalue weighted by atomic mass is 32.2. The molecule has 0 spiro atoms. The number of rotatable bonds is 4. The number of nitrogens with zero attached hydrogens (tertiary/aromatic N) is 7. The van der Waals surface area contributed by atoms with Crippen LogP contribution in [0.2, 0.25) is 0 Å². The molecule has 0 radical (unpaired) electrons. The number of halogens is 3. The summed E-state index contributed by atoms with van der Waals surface area (Å²) in [7, 11) is -4.09. The van der Waals surface area contributed by atoms with Crippen molar-refractivity contribution in [3.63, 3.8) is 0 Å². The topological polar surface area (TPSA) is 97.1 Å². The van der Waals surface area contributed by atoms with E-state index < -0.39 is 21.8 Å². The first-order chi connectivity index (χ1) is 16.6. The highest BCUT2D eigenvalue weighted by molar-refractivity contribution is 7.89. The van der Waals surface area contributed by atoms with Crippen molar-refractivity contribution in [1.29, 1.82) is 0 Å². The number of benzene rings is 2. The first-order valence-electron chi connectivity index (χ1n) is 10.7. The Bertz CT molecular complexity index is 1480. The van der Waals surface area contributed by atoms with Crippen LogP contribution in [0.1, 0.15) is 11.1 Å². The third-order valence-electron chi connectivity index (χ3n) is 5.83. The summed E-state index contributed by atoms with van der Waals surface area (Å²) >= 11 is 0. The van der Waals surface area contributed by atoms with Crippen molar-refractivity contribution in [2.45, 2.75) is 18.0 Å². The van der Waals surface area contributed by atoms with Crippen LogP contribution in [0, 0.1) is 6.92 Å². The van der Waals surface area contributed by atoms with E-state index in [-0.39, 0.29) is 31.1 Å². The minimum Gasteiger partial charge on any atom is -0.352 e. The monoisotopic (exact) mass is 503 g/mol. The summed E-state index contributed by atoms with van der Waals surface area (Å²) in [6.45, 7) is 2.70. The summed E-state index contributed by atoms with van der Waals surface area (Å²) in [6, 6.07) is 11.5. The van der Waals surface area contributed by atoms with Crippen molar-refractivity contribution >= 4 is 27.0 Å². The molecule has 0 saturated carbocycles. The van der Waals surface area contributed by atoms with Gasteiger partial charge in [-0.1, -0.05) is 29.0 Å². The highest BCUT2D eigenvalue weighted by Gasteiger charge is 2.34. The fraction of sp³-hybridized carbons (Fsp3) is 0.273. The lowest BCUT2D eigenvalue weighted by molar-refractivity contribution is -0.137. The normalized spacial score (nSPS) is 15.6. The second kappa shape index (κ2) is 8.57. The Hall–Kier alpha value is -3.58. The second-order valence-electron chi connectivity index (χ2n) is 8.12. The maximum absolute atomic E-state index is 13.1. The van der Waals surface area contributed by atoms with E-state index in [2.05, 4.69) is 20.3 Å². The first-order valence-corrected chi connectivity index (χ1v) is 12.1. The van der Waals surface area contributed by atoms with Gasteiger partial charge in [-0.2, -0.15) is 22.2 Å². The van der Waals surface area contributed by atoms with Crippen LogP contribution in [-0.2, 0) is 16.2 Å². The number of aromatic nitrogens is 5. The van der Waals surface area contributed by atoms with Gasteiger partial charge in [-0.25, -0.2) is 18.4 Å². The summed E-state index contributed by atoms with van der Waals surface area (Å²) in [5, 5.41) is 8.46. The maximum atomic E-state index is 13.1. The number of hydrogen-bond acceptors (Lipinski definition) is 7. The molecule has 5 rings (SSSR count). The number of piperazine rings is 1. The zero-order valence-corrected chi connectivity index (χ0v) is 19.3. The minimum absolute atomic E-state index is 0.0795. The molecule has 13 heteroatoms. The zero-order chi connectivity index (χ0) is 24.8. The second-order valence-corrected chi connectivity index (χ2v) is 10.1. The molecule has 4 aromatic rings. The Morgan fingerprint density at radius 3 is 2.34 bits per heavy atom. The van der Waals surface area contributed by atoms with Gasteiger partial charge in [-0.3, -0.25) is 0 Å². The van der Waals surface area contributed by atoms with Gasteiger partial charge < -0.3 is 4.90 Å². The van der Waals surface area contributed by atoms with Crippen LogP contribution in [0.4, 0.5) is 19.0 Å². The van der Waals surface area contributed by atoms with Gasteiger partial charge in [0.1, 0.15) is 6.33 Å². The van der Waals surface area contributed by atoms with Crippen LogP contribution in [0.15, 0.2) is 59.8 Å². The third kappa shape index (κ3) is 4.32. The SMILES string of the molecule is Cc1ccc(-n2nnc3c(N4CCN(S(=O)(=O)c5cccc(C(F)(F)F)c5)CC4)ncnc32)cc1. The van der Waals surface area contributed by atoms with E-state index in [4.69, 9.17) is 0 Å². The molecule has 1 aliphatic heterocycles. The smallest absolute Gasteiger partial charge is 0.352 e. The van der Waals surface area contributed by atoms with E-state index in [0.717, 1.165) is 23.4 Å². The molecule has 1 fully saturated rings. The number of anilines is 1. The van der Waals surface area contributed by atoms with Crippen molar-refractivity contribution in [3.8, 4) is 5.69 Å². The van der Waals surface area contributed by atoms with Gasteiger partial charge in [0.05, 0.1) is 16.1 Å². The average Bonchev–Trinajstić information content (AvgIpc) is 3.28. The predicted molar refractivity (Wildman–Crippen MR) is 122 cm³/mol. The van der Waals surface area contributed by atoms with E-state index in [1.165, 1.54) is 16.7 Å². The quantitative estimate of drug-likeness (QED) is 0.422. The summed E-state index contributed by atoms with van der Waals surface area (Å²) in [6.07, 6.45) is -3.23. The van der Waals surface area contributed by atoms with Crippen molar-refractivity contribution in [1.82, 2.24) is 29.3 Å². The fourth-order valence-corrected chi connectivity index (χ4v) is 5.42. The molecular formula is C22H20F3N7O2S. The first kappa shape index (κ1) is 23.2. The molecule has 0 aliphatic carbocycles. The lowest BCUT2D eigenvalue weighted by Gasteiger charge is -2.34. The molecule has 0 unspecified atom stereocenters. The van der Waals surface area contributed by atoms with Gasteiger partial charge in [0.2, 0.25) is 10.0 Å². The van der Waals surface area contributed by atoms with Gasteiger partial charge in [0.25, 0.3) is 0 Å². The van der Waals surface area contributed by atoms with E-state index in [9.17, 15) is 21.6 Å². The molecule has 2 aromatic carbocycles. The number of aryl methyl sites for hydroxylation is 1. The van der Waals surface area contributed by atoms with Crippen LogP contribution in [-0.4, -0.2) is 63.9 Å². The number of fused-ring (bicyclic) bond motifs is 1. The molecule has 0 atom stereocenters. The van der Waals surface area contributed by atoms with E-state index in [1.54, 1.807) is 4.68 Å². The molecule has 35 heavy (non-hydrogen) atoms. The molecule has 0 N–H and O–H groups in total. The Kier molecular flexibility index (Phi) is 5.68. The molecule has 9 nitrogen and oxygen atoms in total. The molecule has 182 valence electrons. The van der Waals surface area contributed by atoms with Crippen LogP contribution in [0.5, 0.6) is 0 Å². The molecule has 0 amide bonds. The van der Waals surface area contributed by atoms with Gasteiger partial charge in [-0.15, -0.1) is 5.10 Å². The van der Waals surface area contributed by atoms with Crippen molar-refractivity contribution in [3.05, 3.63) is 66.0 Å². The predicted octanol–water partition coefficient (Wildman–Crippen LogP) is 3.05. The number of alkyl halides is 3. The van der Waals surface area contributed by atoms with Gasteiger partial charge in [0, 0.05) is 26.2 Å². The molecule has 0 bridgehead atoms. The molecule has 2 aromatic heterocycles. The highest BCUT2D eigenvalue weighted by Crippen LogP contribution is 2.31. The lowest BCUT2D eigenvalue weighted by Crippen LogP contribution is -2.49. The Balaban J connectivity index is 1.37. The summed E-state index contributed by atoms with van der Waals surface area (Å²) < 4.78 is 67.9. The largest absolute Gasteiger partial charge is 0.416 e. The zero-order valence-electron chi connectivity index (χ0n) is 18.5. The fourth-order valence-electron chi connectivity index (χ4n) is 3.95. The van der Waals surface area contributed by atoms with Crippen molar-refractivity contribution < 1.29 is 21.6 Å². The van der Waals surface area contributed by atoms with Gasteiger partial charge in [-0.05, 0) is 37.3 Å². The van der Waals surface area contributed by atoms with E-state index in [0.29, 0.717) is 23.0 Å². The Labute approximate surface area is 198 Å². The molecule has 3 heterocycles. The number of hydrogen-bond donors (Lipinski definition) is 0. The summed E-state index contributed by atoms with van der Waals surface area (Å²) in [4.78, 5) is 10.1. The summed E-state index contributed by atoms with van der Waals surface area (Å²) in [5.74, 6) is 0.518. The van der Waals surface area contributed by atoms with Crippen LogP contribution in [0.25, 0.3) is 16.9 Å². The van der Waals surface area contributed by atoms with Gasteiger partial charge in [0.15, 0.2) is 17.0 Å². The lowest BCUT2D eigenvalue weighted by atomic mass is 10.2. The van der Waals surface area contributed by atoms with Crippen LogP contribution in [0.3, 0.4) is 0 Å². The van der Waals surface area contributed by atoms with E-state index in [1.807, 2.05) is 36.1 Å². The minimum atomic E-state index is -4.63. The third-order valence-corrected chi connectivity index (χ3v) is 7.73. The Morgan fingerprint density at radius 1 is 0.943 bits per heavy atom.